The van der Waals surface area contributed by atoms with Crippen LogP contribution in [-0.2, 0) is 6.42 Å². The fourth-order valence-electron chi connectivity index (χ4n) is 1.91. The van der Waals surface area contributed by atoms with Crippen LogP contribution >= 0.6 is 11.6 Å². The van der Waals surface area contributed by atoms with Gasteiger partial charge in [0.15, 0.2) is 0 Å². The summed E-state index contributed by atoms with van der Waals surface area (Å²) in [5.41, 5.74) is 2.71. The van der Waals surface area contributed by atoms with E-state index in [0.29, 0.717) is 5.92 Å². The van der Waals surface area contributed by atoms with Crippen LogP contribution in [0.5, 0.6) is 0 Å². The van der Waals surface area contributed by atoms with E-state index >= 15 is 0 Å². The molecule has 1 aliphatic rings. The molecule has 1 aromatic rings. The third-order valence-corrected chi connectivity index (χ3v) is 2.75. The van der Waals surface area contributed by atoms with Crippen molar-refractivity contribution < 1.29 is 0 Å². The number of aryl methyl sites for hydroxylation is 1. The number of rotatable bonds is 2. The minimum absolute atomic E-state index is 0.624. The van der Waals surface area contributed by atoms with Crippen molar-refractivity contribution in [1.82, 2.24) is 4.98 Å². The molecule has 0 aliphatic heterocycles. The third kappa shape index (κ3) is 1.34. The van der Waals surface area contributed by atoms with E-state index in [1.54, 1.807) is 0 Å². The van der Waals surface area contributed by atoms with E-state index in [1.807, 2.05) is 12.3 Å². The molecule has 0 saturated heterocycles. The largest absolute Gasteiger partial charge is 0.261 e. The Kier molecular flexibility index (Phi) is 2.31. The average Bonchev–Trinajstić information content (AvgIpc) is 2.50. The Hall–Kier alpha value is -0.560. The van der Waals surface area contributed by atoms with Crippen LogP contribution in [0.1, 0.15) is 30.0 Å². The van der Waals surface area contributed by atoms with Crippen LogP contribution in [0.4, 0.5) is 0 Å². The number of halogens is 1. The molecule has 0 aromatic carbocycles. The monoisotopic (exact) mass is 181 g/mol. The van der Waals surface area contributed by atoms with Crippen molar-refractivity contribution in [2.45, 2.75) is 25.2 Å². The van der Waals surface area contributed by atoms with Gasteiger partial charge in [-0.25, -0.2) is 0 Å². The normalized spacial score (nSPS) is 20.9. The maximum absolute atomic E-state index is 5.72. The lowest BCUT2D eigenvalue weighted by atomic mass is 10.0. The summed E-state index contributed by atoms with van der Waals surface area (Å²) in [7, 11) is 0. The van der Waals surface area contributed by atoms with Gasteiger partial charge >= 0.3 is 0 Å². The van der Waals surface area contributed by atoms with Gasteiger partial charge in [-0.1, -0.05) is 6.07 Å². The summed E-state index contributed by atoms with van der Waals surface area (Å²) in [6.45, 7) is 0. The van der Waals surface area contributed by atoms with Crippen molar-refractivity contribution in [3.05, 3.63) is 29.6 Å². The van der Waals surface area contributed by atoms with Gasteiger partial charge in [0.1, 0.15) is 0 Å². The van der Waals surface area contributed by atoms with Gasteiger partial charge in [0.25, 0.3) is 0 Å². The van der Waals surface area contributed by atoms with Crippen LogP contribution in [0.3, 0.4) is 0 Å². The second-order valence-electron chi connectivity index (χ2n) is 3.26. The van der Waals surface area contributed by atoms with Crippen LogP contribution in [-0.4, -0.2) is 10.9 Å². The fourth-order valence-corrected chi connectivity index (χ4v) is 2.17. The molecule has 1 nitrogen and oxygen atoms in total. The quantitative estimate of drug-likeness (QED) is 0.640. The minimum Gasteiger partial charge on any atom is -0.261 e. The van der Waals surface area contributed by atoms with Crippen molar-refractivity contribution in [3.8, 4) is 0 Å². The van der Waals surface area contributed by atoms with Gasteiger partial charge in [0, 0.05) is 23.7 Å². The third-order valence-electron chi connectivity index (χ3n) is 2.53. The Bertz CT molecular complexity index is 270. The number of fused-ring (bicyclic) bond motifs is 1. The molecule has 1 atom stereocenters. The van der Waals surface area contributed by atoms with Crippen LogP contribution in [0, 0.1) is 0 Å². The summed E-state index contributed by atoms with van der Waals surface area (Å²) < 4.78 is 0. The number of nitrogens with zero attached hydrogens (tertiary/aromatic N) is 1. The Labute approximate surface area is 77.8 Å². The summed E-state index contributed by atoms with van der Waals surface area (Å²) in [6.07, 6.45) is 5.38. The van der Waals surface area contributed by atoms with Crippen molar-refractivity contribution in [2.75, 3.05) is 5.88 Å². The molecule has 1 unspecified atom stereocenters. The molecule has 1 aliphatic carbocycles. The molecule has 2 rings (SSSR count). The highest BCUT2D eigenvalue weighted by molar-refractivity contribution is 6.17. The molecule has 0 bridgehead atoms. The van der Waals surface area contributed by atoms with Crippen molar-refractivity contribution >= 4 is 11.6 Å². The van der Waals surface area contributed by atoms with Crippen LogP contribution in [0.2, 0.25) is 0 Å². The molecular formula is C10H12ClN. The van der Waals surface area contributed by atoms with Crippen molar-refractivity contribution in [1.29, 1.82) is 0 Å². The number of hydrogen-bond acceptors (Lipinski definition) is 1. The highest BCUT2D eigenvalue weighted by Crippen LogP contribution is 2.33. The molecule has 1 heterocycles. The maximum Gasteiger partial charge on any atom is 0.0466 e. The van der Waals surface area contributed by atoms with Crippen molar-refractivity contribution in [3.63, 3.8) is 0 Å². The SMILES string of the molecule is ClCCC1CCc2cccnc21. The zero-order chi connectivity index (χ0) is 8.39. The topological polar surface area (TPSA) is 12.9 Å². The zero-order valence-electron chi connectivity index (χ0n) is 6.96. The molecule has 1 aromatic heterocycles. The highest BCUT2D eigenvalue weighted by Gasteiger charge is 2.22. The summed E-state index contributed by atoms with van der Waals surface area (Å²) in [6, 6.07) is 4.19. The van der Waals surface area contributed by atoms with Crippen molar-refractivity contribution in [2.24, 2.45) is 0 Å². The predicted octanol–water partition coefficient (Wildman–Crippen LogP) is 2.74. The van der Waals surface area contributed by atoms with E-state index in [1.165, 1.54) is 24.1 Å². The van der Waals surface area contributed by atoms with Gasteiger partial charge in [0.2, 0.25) is 0 Å². The van der Waals surface area contributed by atoms with Gasteiger partial charge < -0.3 is 0 Å². The summed E-state index contributed by atoms with van der Waals surface area (Å²) >= 11 is 5.72. The van der Waals surface area contributed by atoms with Crippen LogP contribution in [0.15, 0.2) is 18.3 Å². The lowest BCUT2D eigenvalue weighted by molar-refractivity contribution is 0.646. The van der Waals surface area contributed by atoms with E-state index in [2.05, 4.69) is 11.1 Å². The van der Waals surface area contributed by atoms with Gasteiger partial charge in [-0.15, -0.1) is 11.6 Å². The first-order valence-electron chi connectivity index (χ1n) is 4.41. The molecule has 0 radical (unpaired) electrons. The minimum atomic E-state index is 0.624. The molecule has 64 valence electrons. The molecular weight excluding hydrogens is 170 g/mol. The Morgan fingerprint density at radius 1 is 1.58 bits per heavy atom. The van der Waals surface area contributed by atoms with Crippen LogP contribution in [0.25, 0.3) is 0 Å². The van der Waals surface area contributed by atoms with Gasteiger partial charge in [-0.05, 0) is 30.9 Å². The number of alkyl halides is 1. The van der Waals surface area contributed by atoms with E-state index in [-0.39, 0.29) is 0 Å². The Morgan fingerprint density at radius 3 is 3.33 bits per heavy atom. The highest BCUT2D eigenvalue weighted by atomic mass is 35.5. The summed E-state index contributed by atoms with van der Waals surface area (Å²) in [5.74, 6) is 1.37. The second-order valence-corrected chi connectivity index (χ2v) is 3.64. The predicted molar refractivity (Wildman–Crippen MR) is 50.6 cm³/mol. The van der Waals surface area contributed by atoms with Gasteiger partial charge in [0.05, 0.1) is 0 Å². The lowest BCUT2D eigenvalue weighted by Gasteiger charge is -2.06. The summed E-state index contributed by atoms with van der Waals surface area (Å²) in [4.78, 5) is 4.40. The van der Waals surface area contributed by atoms with Crippen LogP contribution < -0.4 is 0 Å². The first-order valence-corrected chi connectivity index (χ1v) is 4.95. The maximum atomic E-state index is 5.72. The number of aromatic nitrogens is 1. The average molecular weight is 182 g/mol. The smallest absolute Gasteiger partial charge is 0.0466 e. The van der Waals surface area contributed by atoms with E-state index < -0.39 is 0 Å². The van der Waals surface area contributed by atoms with E-state index in [0.717, 1.165) is 12.3 Å². The Morgan fingerprint density at radius 2 is 2.50 bits per heavy atom. The first-order chi connectivity index (χ1) is 5.92. The molecule has 0 N–H and O–H groups in total. The summed E-state index contributed by atoms with van der Waals surface area (Å²) in [5, 5.41) is 0. The molecule has 2 heteroatoms. The van der Waals surface area contributed by atoms with E-state index in [4.69, 9.17) is 11.6 Å². The molecule has 0 amide bonds. The number of hydrogen-bond donors (Lipinski definition) is 0. The van der Waals surface area contributed by atoms with Gasteiger partial charge in [-0.3, -0.25) is 4.98 Å². The zero-order valence-corrected chi connectivity index (χ0v) is 7.72. The Balaban J connectivity index is 2.24. The first kappa shape index (κ1) is 8.06. The lowest BCUT2D eigenvalue weighted by Crippen LogP contribution is -1.96. The molecule has 0 spiro atoms. The standard InChI is InChI=1S/C10H12ClN/c11-6-5-9-4-3-8-2-1-7-12-10(8)9/h1-2,7,9H,3-6H2. The molecule has 0 saturated carbocycles. The molecule has 12 heavy (non-hydrogen) atoms. The number of pyridine rings is 1. The fraction of sp³-hybridized carbons (Fsp3) is 0.500. The van der Waals surface area contributed by atoms with E-state index in [9.17, 15) is 0 Å². The molecule has 0 fully saturated rings. The second kappa shape index (κ2) is 3.44. The van der Waals surface area contributed by atoms with Gasteiger partial charge in [-0.2, -0.15) is 0 Å².